The normalized spacial score (nSPS) is 15.6. The van der Waals surface area contributed by atoms with Gasteiger partial charge in [0.1, 0.15) is 0 Å². The fourth-order valence-electron chi connectivity index (χ4n) is 4.03. The molecule has 1 aromatic carbocycles. The number of amides is 2. The van der Waals surface area contributed by atoms with Gasteiger partial charge in [-0.25, -0.2) is 4.98 Å². The zero-order valence-electron chi connectivity index (χ0n) is 21.5. The number of halogens is 6. The first-order valence-corrected chi connectivity index (χ1v) is 12.3. The maximum atomic E-state index is 13.5. The van der Waals surface area contributed by atoms with Crippen LogP contribution < -0.4 is 16.0 Å². The van der Waals surface area contributed by atoms with Crippen molar-refractivity contribution in [2.75, 3.05) is 25.0 Å². The summed E-state index contributed by atoms with van der Waals surface area (Å²) in [6.45, 7) is 5.19. The van der Waals surface area contributed by atoms with Crippen LogP contribution in [-0.2, 0) is 4.79 Å². The molecule has 0 saturated carbocycles. The molecular weight excluding hydrogens is 542 g/mol. The van der Waals surface area contributed by atoms with Crippen LogP contribution in [0, 0.1) is 0 Å². The van der Waals surface area contributed by atoms with Gasteiger partial charge in [-0.1, -0.05) is 12.2 Å². The molecule has 3 N–H and O–H groups in total. The van der Waals surface area contributed by atoms with Crippen LogP contribution in [-0.4, -0.2) is 48.8 Å². The second-order valence-corrected chi connectivity index (χ2v) is 9.04. The number of rotatable bonds is 9. The fraction of sp³-hybridized carbons (Fsp3) is 0.370. The quantitative estimate of drug-likeness (QED) is 0.194. The number of aromatic nitrogens is 1. The van der Waals surface area contributed by atoms with Crippen molar-refractivity contribution in [3.63, 3.8) is 0 Å². The van der Waals surface area contributed by atoms with E-state index in [9.17, 15) is 35.9 Å². The van der Waals surface area contributed by atoms with Gasteiger partial charge >= 0.3 is 12.4 Å². The van der Waals surface area contributed by atoms with Gasteiger partial charge in [-0.2, -0.15) is 26.3 Å². The smallest absolute Gasteiger partial charge is 0.416 e. The second-order valence-electron chi connectivity index (χ2n) is 9.04. The van der Waals surface area contributed by atoms with E-state index in [1.54, 1.807) is 24.3 Å². The third kappa shape index (κ3) is 8.31. The molecule has 0 aliphatic carbocycles. The van der Waals surface area contributed by atoms with Crippen LogP contribution in [0.2, 0.25) is 0 Å². The van der Waals surface area contributed by atoms with Crippen LogP contribution in [0.4, 0.5) is 32.0 Å². The highest BCUT2D eigenvalue weighted by Gasteiger charge is 2.37. The molecule has 0 unspecified atom stereocenters. The lowest BCUT2D eigenvalue weighted by atomic mass is 9.98. The van der Waals surface area contributed by atoms with Crippen LogP contribution in [0.15, 0.2) is 64.6 Å². The van der Waals surface area contributed by atoms with Gasteiger partial charge in [0.2, 0.25) is 5.91 Å². The monoisotopic (exact) mass is 570 g/mol. The van der Waals surface area contributed by atoms with Gasteiger partial charge in [-0.05, 0) is 62.7 Å². The number of hydrogen-bond acceptors (Lipinski definition) is 5. The highest BCUT2D eigenvalue weighted by atomic mass is 19.4. The molecule has 1 aromatic heterocycles. The summed E-state index contributed by atoms with van der Waals surface area (Å²) in [4.78, 5) is 28.7. The van der Waals surface area contributed by atoms with Crippen molar-refractivity contribution in [1.82, 2.24) is 15.6 Å². The van der Waals surface area contributed by atoms with Crippen molar-refractivity contribution >= 4 is 17.5 Å². The number of anilines is 1. The van der Waals surface area contributed by atoms with E-state index in [1.165, 1.54) is 6.92 Å². The Bertz CT molecular complexity index is 1270. The Morgan fingerprint density at radius 3 is 2.30 bits per heavy atom. The van der Waals surface area contributed by atoms with Crippen molar-refractivity contribution < 1.29 is 40.3 Å². The molecule has 216 valence electrons. The molecule has 40 heavy (non-hydrogen) atoms. The number of benzene rings is 1. The number of nitrogens with zero attached hydrogens (tertiary/aromatic N) is 1. The van der Waals surface area contributed by atoms with Gasteiger partial charge in [0.25, 0.3) is 5.91 Å². The zero-order valence-corrected chi connectivity index (χ0v) is 21.5. The van der Waals surface area contributed by atoms with E-state index in [1.807, 2.05) is 0 Å². The molecule has 0 radical (unpaired) electrons. The highest BCUT2D eigenvalue weighted by molar-refractivity contribution is 5.98. The first-order chi connectivity index (χ1) is 18.8. The number of oxazole rings is 1. The average Bonchev–Trinajstić information content (AvgIpc) is 3.32. The highest BCUT2D eigenvalue weighted by Crippen LogP contribution is 2.35. The van der Waals surface area contributed by atoms with Crippen molar-refractivity contribution in [3.05, 3.63) is 71.8 Å². The summed E-state index contributed by atoms with van der Waals surface area (Å²) in [5.74, 6) is -0.873. The number of carbonyl (C=O) groups excluding carboxylic acids is 2. The van der Waals surface area contributed by atoms with Crippen molar-refractivity contribution in [1.29, 1.82) is 0 Å². The predicted octanol–water partition coefficient (Wildman–Crippen LogP) is 6.05. The van der Waals surface area contributed by atoms with Gasteiger partial charge in [-0.15, -0.1) is 6.58 Å². The fourth-order valence-corrected chi connectivity index (χ4v) is 4.03. The third-order valence-corrected chi connectivity index (χ3v) is 5.98. The Morgan fingerprint density at radius 1 is 1.10 bits per heavy atom. The molecular formula is C27H28F6N4O3. The summed E-state index contributed by atoms with van der Waals surface area (Å²) < 4.78 is 85.9. The molecule has 1 fully saturated rings. The molecule has 1 aliphatic rings. The van der Waals surface area contributed by atoms with Crippen molar-refractivity contribution in [2.24, 2.45) is 0 Å². The van der Waals surface area contributed by atoms with Gasteiger partial charge < -0.3 is 20.4 Å². The lowest BCUT2D eigenvalue weighted by molar-refractivity contribution is -0.114. The predicted molar refractivity (Wildman–Crippen MR) is 137 cm³/mol. The minimum atomic E-state index is -5.10. The van der Waals surface area contributed by atoms with Gasteiger partial charge in [0.15, 0.2) is 17.3 Å². The molecule has 13 heteroatoms. The SMILES string of the molecule is C=CC/C(=C\C(=C/CNC(=O)c1nc(C2CCNCC2)oc1-c1ccc(NC(C)=O)cc1)C(F)(F)F)C(F)(F)F. The van der Waals surface area contributed by atoms with Crippen molar-refractivity contribution in [2.45, 2.75) is 44.5 Å². The van der Waals surface area contributed by atoms with Crippen molar-refractivity contribution in [3.8, 4) is 11.3 Å². The summed E-state index contributed by atoms with van der Waals surface area (Å²) >= 11 is 0. The number of nitrogens with one attached hydrogen (secondary N) is 3. The van der Waals surface area contributed by atoms with Crippen LogP contribution in [0.1, 0.15) is 48.5 Å². The van der Waals surface area contributed by atoms with Gasteiger partial charge in [-0.3, -0.25) is 9.59 Å². The summed E-state index contributed by atoms with van der Waals surface area (Å²) in [7, 11) is 0. The Labute approximate surface area is 226 Å². The molecule has 2 heterocycles. The second kappa shape index (κ2) is 13.0. The van der Waals surface area contributed by atoms with E-state index in [0.717, 1.165) is 6.08 Å². The third-order valence-electron chi connectivity index (χ3n) is 5.98. The van der Waals surface area contributed by atoms with E-state index >= 15 is 0 Å². The Kier molecular flexibility index (Phi) is 9.96. The molecule has 0 spiro atoms. The van der Waals surface area contributed by atoms with E-state index in [0.29, 0.717) is 49.1 Å². The number of piperidine rings is 1. The molecule has 0 bridgehead atoms. The zero-order chi connectivity index (χ0) is 29.5. The summed E-state index contributed by atoms with van der Waals surface area (Å²) in [5, 5.41) is 8.08. The van der Waals surface area contributed by atoms with Crippen LogP contribution in [0.25, 0.3) is 11.3 Å². The maximum Gasteiger partial charge on any atom is 0.416 e. The number of carbonyl (C=O) groups is 2. The first kappa shape index (κ1) is 30.7. The molecule has 7 nitrogen and oxygen atoms in total. The standard InChI is InChI=1S/C27H28F6N4O3/c1-3-4-19(26(28,29)30)15-20(27(31,32)33)11-14-35-24(39)22-23(17-5-7-21(8-6-17)36-16(2)38)40-25(37-22)18-9-12-34-13-10-18/h3,5-8,11,15,18,34H,1,4,9-10,12-14H2,2H3,(H,35,39)(H,36,38)/b19-15+,20-11+. The summed E-state index contributed by atoms with van der Waals surface area (Å²) in [6, 6.07) is 6.33. The number of allylic oxidation sites excluding steroid dienone is 4. The first-order valence-electron chi connectivity index (χ1n) is 12.3. The molecule has 1 aliphatic heterocycles. The largest absolute Gasteiger partial charge is 0.440 e. The van der Waals surface area contributed by atoms with Crippen LogP contribution >= 0.6 is 0 Å². The average molecular weight is 571 g/mol. The molecule has 0 atom stereocenters. The van der Waals surface area contributed by atoms with E-state index in [2.05, 4.69) is 27.5 Å². The molecule has 1 saturated heterocycles. The van der Waals surface area contributed by atoms with E-state index in [4.69, 9.17) is 4.42 Å². The lowest BCUT2D eigenvalue weighted by Gasteiger charge is -2.19. The lowest BCUT2D eigenvalue weighted by Crippen LogP contribution is -2.27. The van der Waals surface area contributed by atoms with Crippen LogP contribution in [0.5, 0.6) is 0 Å². The van der Waals surface area contributed by atoms with Crippen LogP contribution in [0.3, 0.4) is 0 Å². The molecule has 3 rings (SSSR count). The summed E-state index contributed by atoms with van der Waals surface area (Å²) in [6.07, 6.45) is -8.20. The van der Waals surface area contributed by atoms with E-state index < -0.39 is 42.4 Å². The van der Waals surface area contributed by atoms with E-state index in [-0.39, 0.29) is 29.4 Å². The Balaban J connectivity index is 1.90. The number of alkyl halides is 6. The minimum Gasteiger partial charge on any atom is -0.440 e. The number of hydrogen-bond donors (Lipinski definition) is 3. The van der Waals surface area contributed by atoms with Gasteiger partial charge in [0.05, 0.1) is 5.57 Å². The molecule has 2 aromatic rings. The topological polar surface area (TPSA) is 96.3 Å². The maximum absolute atomic E-state index is 13.5. The minimum absolute atomic E-state index is 0.00121. The Morgan fingerprint density at radius 2 is 1.75 bits per heavy atom. The molecule has 2 amide bonds. The van der Waals surface area contributed by atoms with Gasteiger partial charge in [0, 0.05) is 36.2 Å². The summed E-state index contributed by atoms with van der Waals surface area (Å²) in [5.41, 5.74) is -2.24. The Hall–Kier alpha value is -3.87.